The molecule has 1 aromatic carbocycles. The molecule has 0 saturated heterocycles. The summed E-state index contributed by atoms with van der Waals surface area (Å²) in [5, 5.41) is 3.46. The minimum absolute atomic E-state index is 0.673. The second kappa shape index (κ2) is 5.18. The third-order valence-corrected chi connectivity index (χ3v) is 3.34. The lowest BCUT2D eigenvalue weighted by Crippen LogP contribution is -2.40. The van der Waals surface area contributed by atoms with Crippen LogP contribution >= 0.6 is 0 Å². The summed E-state index contributed by atoms with van der Waals surface area (Å²) in [6, 6.07) is 9.62. The second-order valence-corrected chi connectivity index (χ2v) is 4.58. The highest BCUT2D eigenvalue weighted by Gasteiger charge is 2.29. The van der Waals surface area contributed by atoms with Crippen LogP contribution in [0.3, 0.4) is 0 Å². The van der Waals surface area contributed by atoms with Crippen molar-refractivity contribution in [1.29, 1.82) is 0 Å². The third-order valence-electron chi connectivity index (χ3n) is 3.34. The molecule has 1 saturated carbocycles. The van der Waals surface area contributed by atoms with Gasteiger partial charge in [-0.05, 0) is 38.2 Å². The molecule has 0 atom stereocenters. The van der Waals surface area contributed by atoms with Crippen LogP contribution in [0.15, 0.2) is 24.3 Å². The van der Waals surface area contributed by atoms with Crippen LogP contribution in [-0.4, -0.2) is 12.6 Å². The van der Waals surface area contributed by atoms with Gasteiger partial charge >= 0.3 is 0 Å². The van der Waals surface area contributed by atoms with E-state index >= 15 is 0 Å². The summed E-state index contributed by atoms with van der Waals surface area (Å²) < 4.78 is 0. The number of rotatable bonds is 3. The Bertz CT molecular complexity index is 388. The van der Waals surface area contributed by atoms with E-state index in [1.54, 1.807) is 0 Å². The maximum Gasteiger partial charge on any atom is 0.0578 e. The summed E-state index contributed by atoms with van der Waals surface area (Å²) in [5.41, 5.74) is 2.83. The largest absolute Gasteiger partial charge is 0.303 e. The van der Waals surface area contributed by atoms with Crippen molar-refractivity contribution < 1.29 is 0 Å². The van der Waals surface area contributed by atoms with Crippen LogP contribution in [0.4, 0.5) is 0 Å². The van der Waals surface area contributed by atoms with Gasteiger partial charge in [0, 0.05) is 6.04 Å². The molecule has 84 valence electrons. The maximum atomic E-state index is 3.46. The van der Waals surface area contributed by atoms with Crippen LogP contribution in [0.2, 0.25) is 0 Å². The summed E-state index contributed by atoms with van der Waals surface area (Å²) in [6.07, 6.45) is 2.52. The van der Waals surface area contributed by atoms with E-state index in [0.717, 1.165) is 12.5 Å². The van der Waals surface area contributed by atoms with Crippen LogP contribution in [0.5, 0.6) is 0 Å². The van der Waals surface area contributed by atoms with E-state index in [1.807, 2.05) is 6.92 Å². The van der Waals surface area contributed by atoms with Crippen molar-refractivity contribution in [2.24, 2.45) is 0 Å². The lowest BCUT2D eigenvalue weighted by molar-refractivity contribution is 0.301. The molecule has 1 aliphatic rings. The average Bonchev–Trinajstić information content (AvgIpc) is 2.23. The molecule has 1 heteroatoms. The van der Waals surface area contributed by atoms with Crippen molar-refractivity contribution in [3.63, 3.8) is 0 Å². The first kappa shape index (κ1) is 11.2. The number of hydrogen-bond donors (Lipinski definition) is 1. The highest BCUT2D eigenvalue weighted by atomic mass is 14.9. The van der Waals surface area contributed by atoms with E-state index in [0.29, 0.717) is 6.04 Å². The first-order chi connectivity index (χ1) is 7.79. The Labute approximate surface area is 98.3 Å². The van der Waals surface area contributed by atoms with Crippen molar-refractivity contribution in [1.82, 2.24) is 5.32 Å². The molecule has 0 amide bonds. The van der Waals surface area contributed by atoms with E-state index in [4.69, 9.17) is 0 Å². The van der Waals surface area contributed by atoms with E-state index in [1.165, 1.54) is 24.0 Å². The fourth-order valence-electron chi connectivity index (χ4n) is 2.18. The molecule has 1 nitrogen and oxygen atoms in total. The zero-order chi connectivity index (χ0) is 11.4. The van der Waals surface area contributed by atoms with Gasteiger partial charge < -0.3 is 5.32 Å². The summed E-state index contributed by atoms with van der Waals surface area (Å²) in [4.78, 5) is 0. The molecule has 2 rings (SSSR count). The van der Waals surface area contributed by atoms with Gasteiger partial charge in [-0.2, -0.15) is 0 Å². The molecule has 1 N–H and O–H groups in total. The van der Waals surface area contributed by atoms with Crippen molar-refractivity contribution >= 4 is 0 Å². The minimum atomic E-state index is 0.673. The smallest absolute Gasteiger partial charge is 0.0578 e. The second-order valence-electron chi connectivity index (χ2n) is 4.58. The van der Waals surface area contributed by atoms with Crippen LogP contribution in [0.1, 0.15) is 36.8 Å². The lowest BCUT2D eigenvalue weighted by atomic mass is 9.76. The Morgan fingerprint density at radius 3 is 2.56 bits per heavy atom. The topological polar surface area (TPSA) is 12.0 Å². The average molecular weight is 213 g/mol. The van der Waals surface area contributed by atoms with Crippen LogP contribution < -0.4 is 5.32 Å². The van der Waals surface area contributed by atoms with Crippen molar-refractivity contribution in [3.8, 4) is 11.8 Å². The van der Waals surface area contributed by atoms with E-state index in [2.05, 4.69) is 48.3 Å². The van der Waals surface area contributed by atoms with Crippen LogP contribution in [0, 0.1) is 18.8 Å². The fraction of sp³-hybridized carbons (Fsp3) is 0.467. The SMILES string of the molecule is CC#CCNC1CC(c2ccc(C)cc2)C1. The van der Waals surface area contributed by atoms with Gasteiger partial charge in [0.2, 0.25) is 0 Å². The van der Waals surface area contributed by atoms with Gasteiger partial charge in [-0.1, -0.05) is 35.7 Å². The van der Waals surface area contributed by atoms with E-state index in [-0.39, 0.29) is 0 Å². The zero-order valence-electron chi connectivity index (χ0n) is 10.1. The molecular weight excluding hydrogens is 194 g/mol. The molecule has 0 heterocycles. The molecule has 0 bridgehead atoms. The highest BCUT2D eigenvalue weighted by molar-refractivity contribution is 5.26. The predicted molar refractivity (Wildman–Crippen MR) is 68.4 cm³/mol. The molecule has 0 spiro atoms. The first-order valence-corrected chi connectivity index (χ1v) is 5.99. The zero-order valence-corrected chi connectivity index (χ0v) is 10.1. The monoisotopic (exact) mass is 213 g/mol. The molecule has 1 aromatic rings. The quantitative estimate of drug-likeness (QED) is 0.761. The molecule has 0 radical (unpaired) electrons. The number of aryl methyl sites for hydroxylation is 1. The Morgan fingerprint density at radius 1 is 1.25 bits per heavy atom. The Hall–Kier alpha value is -1.26. The van der Waals surface area contributed by atoms with Gasteiger partial charge in [0.1, 0.15) is 0 Å². The number of hydrogen-bond acceptors (Lipinski definition) is 1. The molecule has 1 aliphatic carbocycles. The minimum Gasteiger partial charge on any atom is -0.303 e. The Morgan fingerprint density at radius 2 is 1.94 bits per heavy atom. The van der Waals surface area contributed by atoms with E-state index in [9.17, 15) is 0 Å². The summed E-state index contributed by atoms with van der Waals surface area (Å²) in [6.45, 7) is 4.86. The number of benzene rings is 1. The predicted octanol–water partition coefficient (Wildman–Crippen LogP) is 2.85. The lowest BCUT2D eigenvalue weighted by Gasteiger charge is -2.36. The molecule has 16 heavy (non-hydrogen) atoms. The van der Waals surface area contributed by atoms with Gasteiger partial charge in [-0.25, -0.2) is 0 Å². The van der Waals surface area contributed by atoms with Gasteiger partial charge in [-0.15, -0.1) is 5.92 Å². The molecular formula is C15H19N. The first-order valence-electron chi connectivity index (χ1n) is 5.99. The van der Waals surface area contributed by atoms with Crippen molar-refractivity contribution in [3.05, 3.63) is 35.4 Å². The molecule has 0 unspecified atom stereocenters. The summed E-state index contributed by atoms with van der Waals surface area (Å²) >= 11 is 0. The van der Waals surface area contributed by atoms with Crippen LogP contribution in [-0.2, 0) is 0 Å². The van der Waals surface area contributed by atoms with Crippen molar-refractivity contribution in [2.45, 2.75) is 38.6 Å². The van der Waals surface area contributed by atoms with Gasteiger partial charge in [-0.3, -0.25) is 0 Å². The maximum absolute atomic E-state index is 3.46. The van der Waals surface area contributed by atoms with Crippen LogP contribution in [0.25, 0.3) is 0 Å². The standard InChI is InChI=1S/C15H19N/c1-3-4-9-16-15-10-14(11-15)13-7-5-12(2)6-8-13/h5-8,14-16H,9-11H2,1-2H3. The Balaban J connectivity index is 1.79. The molecule has 0 aliphatic heterocycles. The molecule has 0 aromatic heterocycles. The van der Waals surface area contributed by atoms with Gasteiger partial charge in [0.15, 0.2) is 0 Å². The molecule has 1 fully saturated rings. The number of nitrogens with one attached hydrogen (secondary N) is 1. The summed E-state index contributed by atoms with van der Waals surface area (Å²) in [7, 11) is 0. The normalized spacial score (nSPS) is 23.1. The third kappa shape index (κ3) is 2.65. The van der Waals surface area contributed by atoms with Gasteiger partial charge in [0.05, 0.1) is 6.54 Å². The van der Waals surface area contributed by atoms with Gasteiger partial charge in [0.25, 0.3) is 0 Å². The Kier molecular flexibility index (Phi) is 3.64. The van der Waals surface area contributed by atoms with E-state index < -0.39 is 0 Å². The highest BCUT2D eigenvalue weighted by Crippen LogP contribution is 2.36. The fourth-order valence-corrected chi connectivity index (χ4v) is 2.18. The van der Waals surface area contributed by atoms with Crippen molar-refractivity contribution in [2.75, 3.05) is 6.54 Å². The summed E-state index contributed by atoms with van der Waals surface area (Å²) in [5.74, 6) is 6.71.